The first-order valence-corrected chi connectivity index (χ1v) is 6.09. The summed E-state index contributed by atoms with van der Waals surface area (Å²) in [6, 6.07) is 8.61. The zero-order chi connectivity index (χ0) is 10.8. The first-order valence-electron chi connectivity index (χ1n) is 4.42. The first kappa shape index (κ1) is 13.6. The summed E-state index contributed by atoms with van der Waals surface area (Å²) >= 11 is 4.75. The van der Waals surface area contributed by atoms with E-state index in [1.807, 2.05) is 17.5 Å². The first-order chi connectivity index (χ1) is 7.18. The summed E-state index contributed by atoms with van der Waals surface area (Å²) in [7, 11) is 0. The van der Waals surface area contributed by atoms with E-state index < -0.39 is 0 Å². The Balaban J connectivity index is 0.00000128. The number of rotatable bonds is 2. The second kappa shape index (κ2) is 5.77. The number of halogens is 3. The SMILES string of the molecule is Cl.N[C@@H](c1ccc(F)c(Br)c1)c1cccs1. The molecule has 0 spiro atoms. The molecule has 1 nitrogen and oxygen atoms in total. The highest BCUT2D eigenvalue weighted by Gasteiger charge is 2.11. The van der Waals surface area contributed by atoms with Gasteiger partial charge in [0.1, 0.15) is 5.82 Å². The van der Waals surface area contributed by atoms with Crippen molar-refractivity contribution >= 4 is 39.7 Å². The highest BCUT2D eigenvalue weighted by atomic mass is 79.9. The number of thiophene rings is 1. The van der Waals surface area contributed by atoms with Crippen molar-refractivity contribution in [2.24, 2.45) is 5.73 Å². The lowest BCUT2D eigenvalue weighted by atomic mass is 10.1. The quantitative estimate of drug-likeness (QED) is 0.884. The molecule has 16 heavy (non-hydrogen) atoms. The van der Waals surface area contributed by atoms with Crippen LogP contribution in [-0.4, -0.2) is 0 Å². The lowest BCUT2D eigenvalue weighted by Crippen LogP contribution is -2.10. The smallest absolute Gasteiger partial charge is 0.137 e. The maximum Gasteiger partial charge on any atom is 0.137 e. The van der Waals surface area contributed by atoms with Crippen molar-refractivity contribution in [1.29, 1.82) is 0 Å². The fraction of sp³-hybridized carbons (Fsp3) is 0.0909. The van der Waals surface area contributed by atoms with E-state index in [0.29, 0.717) is 4.47 Å². The van der Waals surface area contributed by atoms with Crippen molar-refractivity contribution in [2.45, 2.75) is 6.04 Å². The van der Waals surface area contributed by atoms with Crippen molar-refractivity contribution in [3.8, 4) is 0 Å². The molecule has 0 bridgehead atoms. The second-order valence-corrected chi connectivity index (χ2v) is 5.00. The van der Waals surface area contributed by atoms with Gasteiger partial charge in [-0.25, -0.2) is 4.39 Å². The summed E-state index contributed by atoms with van der Waals surface area (Å²) in [6.07, 6.45) is 0. The fourth-order valence-corrected chi connectivity index (χ4v) is 2.49. The molecule has 0 saturated carbocycles. The maximum atomic E-state index is 13.0. The minimum atomic E-state index is -0.267. The van der Waals surface area contributed by atoms with Crippen LogP contribution in [-0.2, 0) is 0 Å². The molecular formula is C11H10BrClFNS. The molecular weight excluding hydrogens is 313 g/mol. The van der Waals surface area contributed by atoms with Crippen LogP contribution in [0.1, 0.15) is 16.5 Å². The van der Waals surface area contributed by atoms with Crippen LogP contribution in [0, 0.1) is 5.82 Å². The van der Waals surface area contributed by atoms with Gasteiger partial charge in [0.15, 0.2) is 0 Å². The molecule has 1 atom stereocenters. The molecule has 0 saturated heterocycles. The van der Waals surface area contributed by atoms with Crippen molar-refractivity contribution in [1.82, 2.24) is 0 Å². The maximum absolute atomic E-state index is 13.0. The molecule has 0 aliphatic heterocycles. The molecule has 0 amide bonds. The third-order valence-corrected chi connectivity index (χ3v) is 3.72. The largest absolute Gasteiger partial charge is 0.320 e. The Kier molecular flexibility index (Phi) is 4.92. The minimum Gasteiger partial charge on any atom is -0.320 e. The van der Waals surface area contributed by atoms with Gasteiger partial charge < -0.3 is 5.73 Å². The molecule has 2 aromatic rings. The number of nitrogens with two attached hydrogens (primary N) is 1. The van der Waals surface area contributed by atoms with Gasteiger partial charge in [-0.2, -0.15) is 0 Å². The summed E-state index contributed by atoms with van der Waals surface area (Å²) in [5.74, 6) is -0.267. The molecule has 0 aliphatic rings. The molecule has 86 valence electrons. The lowest BCUT2D eigenvalue weighted by Gasteiger charge is -2.10. The highest BCUT2D eigenvalue weighted by molar-refractivity contribution is 9.10. The summed E-state index contributed by atoms with van der Waals surface area (Å²) in [6.45, 7) is 0. The molecule has 2 N–H and O–H groups in total. The second-order valence-electron chi connectivity index (χ2n) is 3.17. The Hall–Kier alpha value is -0.420. The molecule has 1 aromatic heterocycles. The van der Waals surface area contributed by atoms with Gasteiger partial charge in [0.05, 0.1) is 10.5 Å². The lowest BCUT2D eigenvalue weighted by molar-refractivity contribution is 0.619. The Labute approximate surface area is 112 Å². The Morgan fingerprint density at radius 1 is 1.31 bits per heavy atom. The monoisotopic (exact) mass is 321 g/mol. The van der Waals surface area contributed by atoms with Crippen LogP contribution < -0.4 is 5.73 Å². The molecule has 0 unspecified atom stereocenters. The summed E-state index contributed by atoms with van der Waals surface area (Å²) in [5.41, 5.74) is 6.95. The molecule has 2 rings (SSSR count). The molecule has 1 heterocycles. The van der Waals surface area contributed by atoms with Gasteiger partial charge in [-0.15, -0.1) is 23.7 Å². The van der Waals surface area contributed by atoms with Crippen LogP contribution in [0.2, 0.25) is 0 Å². The third kappa shape index (κ3) is 2.83. The van der Waals surface area contributed by atoms with E-state index in [4.69, 9.17) is 5.73 Å². The predicted molar refractivity (Wildman–Crippen MR) is 71.7 cm³/mol. The third-order valence-electron chi connectivity index (χ3n) is 2.15. The van der Waals surface area contributed by atoms with E-state index in [1.54, 1.807) is 23.5 Å². The van der Waals surface area contributed by atoms with Crippen LogP contribution in [0.25, 0.3) is 0 Å². The van der Waals surface area contributed by atoms with E-state index in [9.17, 15) is 4.39 Å². The van der Waals surface area contributed by atoms with Gasteiger partial charge in [0, 0.05) is 4.88 Å². The van der Waals surface area contributed by atoms with Crippen LogP contribution in [0.5, 0.6) is 0 Å². The normalized spacial score (nSPS) is 11.9. The average Bonchev–Trinajstić information content (AvgIpc) is 2.74. The summed E-state index contributed by atoms with van der Waals surface area (Å²) < 4.78 is 13.5. The van der Waals surface area contributed by atoms with Gasteiger partial charge in [-0.1, -0.05) is 12.1 Å². The van der Waals surface area contributed by atoms with Crippen LogP contribution >= 0.6 is 39.7 Å². The fourth-order valence-electron chi connectivity index (χ4n) is 1.34. The molecule has 0 radical (unpaired) electrons. The van der Waals surface area contributed by atoms with E-state index >= 15 is 0 Å². The Morgan fingerprint density at radius 3 is 2.62 bits per heavy atom. The van der Waals surface area contributed by atoms with Gasteiger partial charge in [0.25, 0.3) is 0 Å². The Morgan fingerprint density at radius 2 is 2.06 bits per heavy atom. The number of hydrogen-bond donors (Lipinski definition) is 1. The molecule has 0 fully saturated rings. The minimum absolute atomic E-state index is 0. The zero-order valence-corrected chi connectivity index (χ0v) is 11.4. The van der Waals surface area contributed by atoms with Crippen molar-refractivity contribution in [3.05, 3.63) is 56.4 Å². The van der Waals surface area contributed by atoms with Gasteiger partial charge in [-0.05, 0) is 45.1 Å². The predicted octanol–water partition coefficient (Wildman–Crippen LogP) is 4.12. The molecule has 5 heteroatoms. The van der Waals surface area contributed by atoms with Crippen molar-refractivity contribution in [3.63, 3.8) is 0 Å². The summed E-state index contributed by atoms with van der Waals surface area (Å²) in [4.78, 5) is 1.08. The van der Waals surface area contributed by atoms with Gasteiger partial charge in [0.2, 0.25) is 0 Å². The molecule has 0 aliphatic carbocycles. The number of hydrogen-bond acceptors (Lipinski definition) is 2. The molecule has 1 aromatic carbocycles. The van der Waals surface area contributed by atoms with Gasteiger partial charge in [-0.3, -0.25) is 0 Å². The standard InChI is InChI=1S/C11H9BrFNS.ClH/c12-8-6-7(3-4-9(8)13)11(14)10-2-1-5-15-10;/h1-6,11H,14H2;1H/t11-;/m0./s1. The van der Waals surface area contributed by atoms with E-state index in [0.717, 1.165) is 10.4 Å². The topological polar surface area (TPSA) is 26.0 Å². The van der Waals surface area contributed by atoms with Crippen LogP contribution in [0.4, 0.5) is 4.39 Å². The van der Waals surface area contributed by atoms with Crippen LogP contribution in [0.3, 0.4) is 0 Å². The van der Waals surface area contributed by atoms with E-state index in [-0.39, 0.29) is 24.3 Å². The Bertz CT molecular complexity index is 461. The number of benzene rings is 1. The average molecular weight is 323 g/mol. The van der Waals surface area contributed by atoms with Crippen molar-refractivity contribution in [2.75, 3.05) is 0 Å². The van der Waals surface area contributed by atoms with Crippen LogP contribution in [0.15, 0.2) is 40.2 Å². The van der Waals surface area contributed by atoms with E-state index in [2.05, 4.69) is 15.9 Å². The zero-order valence-electron chi connectivity index (χ0n) is 8.19. The highest BCUT2D eigenvalue weighted by Crippen LogP contribution is 2.26. The van der Waals surface area contributed by atoms with Gasteiger partial charge >= 0.3 is 0 Å². The van der Waals surface area contributed by atoms with Crippen molar-refractivity contribution < 1.29 is 4.39 Å². The van der Waals surface area contributed by atoms with E-state index in [1.165, 1.54) is 6.07 Å². The summed E-state index contributed by atoms with van der Waals surface area (Å²) in [5, 5.41) is 1.98.